The molecular weight excluding hydrogens is 283 g/mol. The molecule has 1 unspecified atom stereocenters. The number of carbonyl (C=O) groups excluding carboxylic acids is 2. The van der Waals surface area contributed by atoms with Crippen molar-refractivity contribution in [2.45, 2.75) is 52.6 Å². The van der Waals surface area contributed by atoms with Crippen LogP contribution in [0.3, 0.4) is 0 Å². The number of rotatable bonds is 8. The Hall–Kier alpha value is -1.91. The second kappa shape index (κ2) is 9.18. The molecule has 0 aliphatic rings. The van der Waals surface area contributed by atoms with Crippen LogP contribution in [0.4, 0.5) is 4.39 Å². The van der Waals surface area contributed by atoms with Gasteiger partial charge in [-0.2, -0.15) is 0 Å². The fourth-order valence-electron chi connectivity index (χ4n) is 2.12. The van der Waals surface area contributed by atoms with Gasteiger partial charge in [-0.25, -0.2) is 4.39 Å². The van der Waals surface area contributed by atoms with E-state index in [0.717, 1.165) is 18.4 Å². The van der Waals surface area contributed by atoms with E-state index in [1.807, 2.05) is 13.8 Å². The van der Waals surface area contributed by atoms with E-state index in [1.54, 1.807) is 24.0 Å². The van der Waals surface area contributed by atoms with Crippen LogP contribution in [0.15, 0.2) is 24.3 Å². The zero-order chi connectivity index (χ0) is 16.5. The van der Waals surface area contributed by atoms with Gasteiger partial charge >= 0.3 is 0 Å². The first-order chi connectivity index (χ1) is 10.5. The summed E-state index contributed by atoms with van der Waals surface area (Å²) in [5.74, 6) is -0.539. The van der Waals surface area contributed by atoms with Gasteiger partial charge in [0, 0.05) is 19.5 Å². The predicted molar refractivity (Wildman–Crippen MR) is 84.6 cm³/mol. The first kappa shape index (κ1) is 18.1. The van der Waals surface area contributed by atoms with E-state index in [4.69, 9.17) is 0 Å². The summed E-state index contributed by atoms with van der Waals surface area (Å²) in [6.07, 6.45) is 1.97. The lowest BCUT2D eigenvalue weighted by molar-refractivity contribution is -0.140. The molecule has 0 aliphatic carbocycles. The number of amides is 2. The van der Waals surface area contributed by atoms with Crippen LogP contribution in [0.25, 0.3) is 0 Å². The molecule has 0 heterocycles. The summed E-state index contributed by atoms with van der Waals surface area (Å²) in [5.41, 5.74) is 0.806. The smallest absolute Gasteiger partial charge is 0.242 e. The van der Waals surface area contributed by atoms with Crippen molar-refractivity contribution in [1.82, 2.24) is 10.2 Å². The molecule has 0 fully saturated rings. The van der Waals surface area contributed by atoms with Crippen LogP contribution < -0.4 is 5.32 Å². The molecule has 0 saturated carbocycles. The second-order valence-corrected chi connectivity index (χ2v) is 5.37. The molecule has 1 N–H and O–H groups in total. The fourth-order valence-corrected chi connectivity index (χ4v) is 2.12. The van der Waals surface area contributed by atoms with E-state index in [1.165, 1.54) is 12.1 Å². The van der Waals surface area contributed by atoms with Gasteiger partial charge in [0.05, 0.1) is 0 Å². The van der Waals surface area contributed by atoms with Gasteiger partial charge in [-0.1, -0.05) is 26.0 Å². The van der Waals surface area contributed by atoms with Gasteiger partial charge in [0.25, 0.3) is 0 Å². The molecule has 0 radical (unpaired) electrons. The lowest BCUT2D eigenvalue weighted by Crippen LogP contribution is -2.47. The highest BCUT2D eigenvalue weighted by Crippen LogP contribution is 2.12. The van der Waals surface area contributed by atoms with Crippen LogP contribution in [0.5, 0.6) is 0 Å². The van der Waals surface area contributed by atoms with Crippen molar-refractivity contribution in [3.05, 3.63) is 35.6 Å². The number of hydrogen-bond donors (Lipinski definition) is 1. The van der Waals surface area contributed by atoms with Gasteiger partial charge in [-0.3, -0.25) is 9.59 Å². The van der Waals surface area contributed by atoms with E-state index >= 15 is 0 Å². The van der Waals surface area contributed by atoms with Crippen molar-refractivity contribution >= 4 is 11.8 Å². The van der Waals surface area contributed by atoms with Crippen LogP contribution in [-0.4, -0.2) is 29.3 Å². The van der Waals surface area contributed by atoms with Crippen LogP contribution >= 0.6 is 0 Å². The van der Waals surface area contributed by atoms with E-state index in [2.05, 4.69) is 5.32 Å². The summed E-state index contributed by atoms with van der Waals surface area (Å²) in [4.78, 5) is 26.0. The molecule has 2 amide bonds. The summed E-state index contributed by atoms with van der Waals surface area (Å²) in [5, 5.41) is 2.81. The normalized spacial score (nSPS) is 11.8. The monoisotopic (exact) mass is 308 g/mol. The summed E-state index contributed by atoms with van der Waals surface area (Å²) < 4.78 is 13.0. The van der Waals surface area contributed by atoms with Gasteiger partial charge in [-0.05, 0) is 37.5 Å². The molecule has 0 saturated heterocycles. The van der Waals surface area contributed by atoms with E-state index in [0.29, 0.717) is 19.5 Å². The minimum absolute atomic E-state index is 0.0639. The molecule has 0 aromatic heterocycles. The average molecular weight is 308 g/mol. The summed E-state index contributed by atoms with van der Waals surface area (Å²) in [6, 6.07) is 5.45. The van der Waals surface area contributed by atoms with E-state index < -0.39 is 6.04 Å². The topological polar surface area (TPSA) is 49.4 Å². The number of nitrogens with one attached hydrogen (secondary N) is 1. The third kappa shape index (κ3) is 5.47. The van der Waals surface area contributed by atoms with Gasteiger partial charge in [-0.15, -0.1) is 0 Å². The van der Waals surface area contributed by atoms with E-state index in [9.17, 15) is 14.0 Å². The Morgan fingerprint density at radius 2 is 1.82 bits per heavy atom. The fraction of sp³-hybridized carbons (Fsp3) is 0.529. The number of carbonyl (C=O) groups is 2. The van der Waals surface area contributed by atoms with Crippen molar-refractivity contribution in [1.29, 1.82) is 0 Å². The maximum Gasteiger partial charge on any atom is 0.242 e. The second-order valence-electron chi connectivity index (χ2n) is 5.37. The Bertz CT molecular complexity index is 488. The van der Waals surface area contributed by atoms with Crippen molar-refractivity contribution in [3.63, 3.8) is 0 Å². The summed E-state index contributed by atoms with van der Waals surface area (Å²) in [7, 11) is 0. The maximum absolute atomic E-state index is 13.0. The number of hydrogen-bond acceptors (Lipinski definition) is 2. The Morgan fingerprint density at radius 3 is 2.36 bits per heavy atom. The SMILES string of the molecule is CCCNC(=O)C(C)N(Cc1ccc(F)cc1)C(=O)CCC. The third-order valence-corrected chi connectivity index (χ3v) is 3.45. The van der Waals surface area contributed by atoms with Crippen molar-refractivity contribution < 1.29 is 14.0 Å². The van der Waals surface area contributed by atoms with Crippen LogP contribution in [0.2, 0.25) is 0 Å². The van der Waals surface area contributed by atoms with Crippen molar-refractivity contribution in [2.75, 3.05) is 6.54 Å². The maximum atomic E-state index is 13.0. The van der Waals surface area contributed by atoms with Crippen molar-refractivity contribution in [3.8, 4) is 0 Å². The van der Waals surface area contributed by atoms with Crippen LogP contribution in [-0.2, 0) is 16.1 Å². The molecule has 1 rings (SSSR count). The highest BCUT2D eigenvalue weighted by molar-refractivity contribution is 5.87. The lowest BCUT2D eigenvalue weighted by atomic mass is 10.1. The lowest BCUT2D eigenvalue weighted by Gasteiger charge is -2.28. The average Bonchev–Trinajstić information content (AvgIpc) is 2.51. The molecule has 0 bridgehead atoms. The summed E-state index contributed by atoms with van der Waals surface area (Å²) in [6.45, 7) is 6.52. The Kier molecular flexibility index (Phi) is 7.57. The number of nitrogens with zero attached hydrogens (tertiary/aromatic N) is 1. The Labute approximate surface area is 131 Å². The first-order valence-electron chi connectivity index (χ1n) is 7.81. The zero-order valence-corrected chi connectivity index (χ0v) is 13.6. The highest BCUT2D eigenvalue weighted by atomic mass is 19.1. The first-order valence-corrected chi connectivity index (χ1v) is 7.81. The highest BCUT2D eigenvalue weighted by Gasteiger charge is 2.25. The molecular formula is C17H25FN2O2. The third-order valence-electron chi connectivity index (χ3n) is 3.45. The number of halogens is 1. The molecule has 0 aliphatic heterocycles. The minimum atomic E-state index is -0.546. The molecule has 1 aromatic rings. The van der Waals surface area contributed by atoms with Gasteiger partial charge in [0.15, 0.2) is 0 Å². The minimum Gasteiger partial charge on any atom is -0.354 e. The van der Waals surface area contributed by atoms with E-state index in [-0.39, 0.29) is 17.6 Å². The predicted octanol–water partition coefficient (Wildman–Crippen LogP) is 2.87. The molecule has 1 aromatic carbocycles. The Morgan fingerprint density at radius 1 is 1.18 bits per heavy atom. The largest absolute Gasteiger partial charge is 0.354 e. The van der Waals surface area contributed by atoms with Gasteiger partial charge < -0.3 is 10.2 Å². The molecule has 5 heteroatoms. The molecule has 22 heavy (non-hydrogen) atoms. The summed E-state index contributed by atoms with van der Waals surface area (Å²) >= 11 is 0. The van der Waals surface area contributed by atoms with Gasteiger partial charge in [0.1, 0.15) is 11.9 Å². The molecule has 4 nitrogen and oxygen atoms in total. The van der Waals surface area contributed by atoms with Crippen molar-refractivity contribution in [2.24, 2.45) is 0 Å². The van der Waals surface area contributed by atoms with Crippen LogP contribution in [0.1, 0.15) is 45.6 Å². The standard InChI is InChI=1S/C17H25FN2O2/c1-4-6-16(21)20(13(3)17(22)19-11-5-2)12-14-7-9-15(18)10-8-14/h7-10,13H,4-6,11-12H2,1-3H3,(H,19,22). The van der Waals surface area contributed by atoms with Crippen LogP contribution in [0, 0.1) is 5.82 Å². The van der Waals surface area contributed by atoms with Gasteiger partial charge in [0.2, 0.25) is 11.8 Å². The quantitative estimate of drug-likeness (QED) is 0.803. The number of benzene rings is 1. The molecule has 122 valence electrons. The zero-order valence-electron chi connectivity index (χ0n) is 13.6. The Balaban J connectivity index is 2.85. The molecule has 0 spiro atoms. The molecule has 1 atom stereocenters.